The summed E-state index contributed by atoms with van der Waals surface area (Å²) in [5.41, 5.74) is 0.570. The number of likely N-dealkylation sites (N-methyl/N-ethyl adjacent to an activating group) is 1. The van der Waals surface area contributed by atoms with Crippen LogP contribution in [0.4, 0.5) is 10.1 Å². The number of nitrogens with zero attached hydrogens (tertiary/aromatic N) is 1. The fourth-order valence-corrected chi connectivity index (χ4v) is 1.35. The molecule has 3 nitrogen and oxygen atoms in total. The third kappa shape index (κ3) is 4.15. The molecule has 0 bridgehead atoms. The van der Waals surface area contributed by atoms with E-state index in [-0.39, 0.29) is 18.3 Å². The summed E-state index contributed by atoms with van der Waals surface area (Å²) in [7, 11) is 1.65. The number of carbonyl (C=O) groups excluding carboxylic acids is 1. The summed E-state index contributed by atoms with van der Waals surface area (Å²) >= 11 is 0. The lowest BCUT2D eigenvalue weighted by Gasteiger charge is -2.19. The Labute approximate surface area is 102 Å². The van der Waals surface area contributed by atoms with E-state index >= 15 is 0 Å². The van der Waals surface area contributed by atoms with E-state index in [1.165, 1.54) is 17.0 Å². The van der Waals surface area contributed by atoms with E-state index < -0.39 is 0 Å². The van der Waals surface area contributed by atoms with Crippen molar-refractivity contribution in [2.24, 2.45) is 0 Å². The first kappa shape index (κ1) is 13.6. The Morgan fingerprint density at radius 1 is 1.53 bits per heavy atom. The van der Waals surface area contributed by atoms with Crippen LogP contribution in [-0.4, -0.2) is 25.5 Å². The molecule has 0 aliphatic carbocycles. The Kier molecular flexibility index (Phi) is 5.10. The van der Waals surface area contributed by atoms with Crippen LogP contribution in [0.2, 0.25) is 0 Å². The first-order valence-corrected chi connectivity index (χ1v) is 5.80. The van der Waals surface area contributed by atoms with Crippen LogP contribution >= 0.6 is 0 Å². The Morgan fingerprint density at radius 3 is 2.82 bits per heavy atom. The summed E-state index contributed by atoms with van der Waals surface area (Å²) in [5.74, 6) is -0.409. The Balaban J connectivity index is 2.57. The van der Waals surface area contributed by atoms with Gasteiger partial charge in [-0.05, 0) is 31.5 Å². The second-order valence-electron chi connectivity index (χ2n) is 4.12. The summed E-state index contributed by atoms with van der Waals surface area (Å²) in [6.45, 7) is 4.34. The van der Waals surface area contributed by atoms with Crippen LogP contribution in [0.3, 0.4) is 0 Å². The number of halogens is 1. The standard InChI is InChI=1S/C13H19FN2O/c1-4-10(2)15-9-13(17)16(3)12-7-5-6-11(14)8-12/h5-8,10,15H,4,9H2,1-3H3. The van der Waals surface area contributed by atoms with E-state index in [0.29, 0.717) is 11.7 Å². The van der Waals surface area contributed by atoms with Gasteiger partial charge in [-0.15, -0.1) is 0 Å². The molecule has 1 N–H and O–H groups in total. The van der Waals surface area contributed by atoms with Crippen LogP contribution in [0.1, 0.15) is 20.3 Å². The number of benzene rings is 1. The van der Waals surface area contributed by atoms with Gasteiger partial charge in [0.05, 0.1) is 6.54 Å². The molecule has 1 unspecified atom stereocenters. The Bertz CT molecular complexity index is 381. The van der Waals surface area contributed by atoms with Crippen molar-refractivity contribution < 1.29 is 9.18 Å². The van der Waals surface area contributed by atoms with Gasteiger partial charge in [-0.3, -0.25) is 4.79 Å². The van der Waals surface area contributed by atoms with Crippen molar-refractivity contribution in [2.45, 2.75) is 26.3 Å². The zero-order chi connectivity index (χ0) is 12.8. The van der Waals surface area contributed by atoms with E-state index in [9.17, 15) is 9.18 Å². The van der Waals surface area contributed by atoms with Gasteiger partial charge in [-0.25, -0.2) is 4.39 Å². The molecule has 1 rings (SSSR count). The quantitative estimate of drug-likeness (QED) is 0.852. The highest BCUT2D eigenvalue weighted by Gasteiger charge is 2.11. The molecule has 0 saturated carbocycles. The SMILES string of the molecule is CCC(C)NCC(=O)N(C)c1cccc(F)c1. The van der Waals surface area contributed by atoms with Gasteiger partial charge >= 0.3 is 0 Å². The number of nitrogens with one attached hydrogen (secondary N) is 1. The molecule has 17 heavy (non-hydrogen) atoms. The average Bonchev–Trinajstić information content (AvgIpc) is 2.34. The number of hydrogen-bond acceptors (Lipinski definition) is 2. The number of amides is 1. The van der Waals surface area contributed by atoms with Gasteiger partial charge in [0.25, 0.3) is 0 Å². The van der Waals surface area contributed by atoms with Crippen LogP contribution in [0.25, 0.3) is 0 Å². The van der Waals surface area contributed by atoms with Gasteiger partial charge in [0, 0.05) is 18.8 Å². The number of carbonyl (C=O) groups is 1. The van der Waals surface area contributed by atoms with Crippen molar-refractivity contribution in [3.63, 3.8) is 0 Å². The van der Waals surface area contributed by atoms with Crippen LogP contribution < -0.4 is 10.2 Å². The number of rotatable bonds is 5. The molecule has 0 spiro atoms. The van der Waals surface area contributed by atoms with Crippen molar-refractivity contribution in [1.82, 2.24) is 5.32 Å². The second kappa shape index (κ2) is 6.35. The second-order valence-corrected chi connectivity index (χ2v) is 4.12. The van der Waals surface area contributed by atoms with Crippen molar-refractivity contribution in [3.05, 3.63) is 30.1 Å². The van der Waals surface area contributed by atoms with Gasteiger partial charge in [0.2, 0.25) is 5.91 Å². The zero-order valence-electron chi connectivity index (χ0n) is 10.5. The smallest absolute Gasteiger partial charge is 0.240 e. The van der Waals surface area contributed by atoms with Crippen molar-refractivity contribution >= 4 is 11.6 Å². The van der Waals surface area contributed by atoms with E-state index in [4.69, 9.17) is 0 Å². The highest BCUT2D eigenvalue weighted by atomic mass is 19.1. The highest BCUT2D eigenvalue weighted by Crippen LogP contribution is 2.13. The minimum absolute atomic E-state index is 0.0732. The Hall–Kier alpha value is -1.42. The fourth-order valence-electron chi connectivity index (χ4n) is 1.35. The molecule has 1 aromatic rings. The van der Waals surface area contributed by atoms with Gasteiger partial charge in [-0.2, -0.15) is 0 Å². The van der Waals surface area contributed by atoms with Crippen LogP contribution in [0, 0.1) is 5.82 Å². The minimum atomic E-state index is -0.336. The molecule has 94 valence electrons. The molecule has 1 amide bonds. The van der Waals surface area contributed by atoms with Gasteiger partial charge in [0.1, 0.15) is 5.82 Å². The summed E-state index contributed by atoms with van der Waals surface area (Å²) < 4.78 is 13.0. The molecule has 0 saturated heterocycles. The van der Waals surface area contributed by atoms with E-state index in [2.05, 4.69) is 12.2 Å². The molecule has 0 aliphatic heterocycles. The summed E-state index contributed by atoms with van der Waals surface area (Å²) in [6, 6.07) is 6.32. The van der Waals surface area contributed by atoms with Crippen molar-refractivity contribution in [1.29, 1.82) is 0 Å². The lowest BCUT2D eigenvalue weighted by atomic mass is 10.2. The summed E-state index contributed by atoms with van der Waals surface area (Å²) in [4.78, 5) is 13.3. The number of hydrogen-bond donors (Lipinski definition) is 1. The van der Waals surface area contributed by atoms with Crippen LogP contribution in [0.5, 0.6) is 0 Å². The van der Waals surface area contributed by atoms with Crippen LogP contribution in [-0.2, 0) is 4.79 Å². The fraction of sp³-hybridized carbons (Fsp3) is 0.462. The molecule has 0 aliphatic rings. The van der Waals surface area contributed by atoms with Gasteiger partial charge in [-0.1, -0.05) is 13.0 Å². The van der Waals surface area contributed by atoms with E-state index in [1.54, 1.807) is 19.2 Å². The lowest BCUT2D eigenvalue weighted by molar-refractivity contribution is -0.117. The predicted molar refractivity (Wildman–Crippen MR) is 67.6 cm³/mol. The molecule has 1 atom stereocenters. The molecule has 0 radical (unpaired) electrons. The molecule has 1 aromatic carbocycles. The van der Waals surface area contributed by atoms with Crippen molar-refractivity contribution in [2.75, 3.05) is 18.5 Å². The monoisotopic (exact) mass is 238 g/mol. The molecular weight excluding hydrogens is 219 g/mol. The maximum Gasteiger partial charge on any atom is 0.240 e. The average molecular weight is 238 g/mol. The topological polar surface area (TPSA) is 32.3 Å². The maximum atomic E-state index is 13.0. The first-order valence-electron chi connectivity index (χ1n) is 5.80. The van der Waals surface area contributed by atoms with Gasteiger partial charge < -0.3 is 10.2 Å². The molecule has 0 fully saturated rings. The largest absolute Gasteiger partial charge is 0.314 e. The predicted octanol–water partition coefficient (Wildman–Crippen LogP) is 2.18. The van der Waals surface area contributed by atoms with Gasteiger partial charge in [0.15, 0.2) is 0 Å². The number of anilines is 1. The molecule has 4 heteroatoms. The van der Waals surface area contributed by atoms with E-state index in [0.717, 1.165) is 6.42 Å². The third-order valence-corrected chi connectivity index (χ3v) is 2.78. The van der Waals surface area contributed by atoms with E-state index in [1.807, 2.05) is 6.92 Å². The first-order chi connectivity index (χ1) is 8.04. The minimum Gasteiger partial charge on any atom is -0.314 e. The van der Waals surface area contributed by atoms with Crippen LogP contribution in [0.15, 0.2) is 24.3 Å². The third-order valence-electron chi connectivity index (χ3n) is 2.78. The highest BCUT2D eigenvalue weighted by molar-refractivity contribution is 5.94. The van der Waals surface area contributed by atoms with Crippen molar-refractivity contribution in [3.8, 4) is 0 Å². The molecule has 0 heterocycles. The summed E-state index contributed by atoms with van der Waals surface area (Å²) in [6.07, 6.45) is 0.969. The Morgan fingerprint density at radius 2 is 2.24 bits per heavy atom. The maximum absolute atomic E-state index is 13.0. The normalized spacial score (nSPS) is 12.2. The lowest BCUT2D eigenvalue weighted by Crippen LogP contribution is -2.38. The zero-order valence-corrected chi connectivity index (χ0v) is 10.5. The summed E-state index contributed by atoms with van der Waals surface area (Å²) in [5, 5.41) is 3.11. The molecular formula is C13H19FN2O. The molecule has 0 aromatic heterocycles.